The average molecular weight is 375 g/mol. The molecule has 0 aliphatic heterocycles. The molecule has 2 rings (SSSR count). The number of hydrogen-bond donors (Lipinski definition) is 1. The summed E-state index contributed by atoms with van der Waals surface area (Å²) in [4.78, 5) is 22.5. The van der Waals surface area contributed by atoms with Gasteiger partial charge < -0.3 is 10.1 Å². The highest BCUT2D eigenvalue weighted by Gasteiger charge is 2.14. The number of hydrogen-bond acceptors (Lipinski definition) is 4. The van der Waals surface area contributed by atoms with Gasteiger partial charge in [-0.2, -0.15) is 0 Å². The topological polar surface area (TPSA) is 81.5 Å². The summed E-state index contributed by atoms with van der Waals surface area (Å²) in [5.74, 6) is 0.112. The highest BCUT2D eigenvalue weighted by atomic mass is 35.5. The predicted octanol–water partition coefficient (Wildman–Crippen LogP) is 4.23. The van der Waals surface area contributed by atoms with Crippen molar-refractivity contribution < 1.29 is 14.5 Å². The molecule has 0 fully saturated rings. The second kappa shape index (κ2) is 9.01. The summed E-state index contributed by atoms with van der Waals surface area (Å²) in [5.41, 5.74) is 1.45. The van der Waals surface area contributed by atoms with Crippen molar-refractivity contribution in [1.82, 2.24) is 5.32 Å². The molecule has 7 heteroatoms. The molecule has 0 radical (unpaired) electrons. The van der Waals surface area contributed by atoms with E-state index in [1.165, 1.54) is 18.2 Å². The zero-order valence-corrected chi connectivity index (χ0v) is 15.0. The summed E-state index contributed by atoms with van der Waals surface area (Å²) in [6.07, 6.45) is 2.02. The molecule has 0 aliphatic carbocycles. The summed E-state index contributed by atoms with van der Waals surface area (Å²) in [6.45, 7) is 5.28. The SMILES string of the molecule is C=CCc1cc([N+](=O)[O-])ccc1OCC(=O)N[C@H](C)c1cccc(Cl)c1. The maximum atomic E-state index is 12.1. The number of nitro groups is 1. The standard InChI is InChI=1S/C19H19ClN2O4/c1-3-5-15-11-17(22(24)25)8-9-18(15)26-12-19(23)21-13(2)14-6-4-7-16(20)10-14/h3-4,6-11,13H,1,5,12H2,2H3,(H,21,23)/t13-/m1/s1. The van der Waals surface area contributed by atoms with Crippen molar-refractivity contribution in [3.63, 3.8) is 0 Å². The molecule has 0 heterocycles. The van der Waals surface area contributed by atoms with E-state index in [4.69, 9.17) is 16.3 Å². The lowest BCUT2D eigenvalue weighted by atomic mass is 10.1. The van der Waals surface area contributed by atoms with E-state index in [2.05, 4.69) is 11.9 Å². The molecule has 0 aromatic heterocycles. The second-order valence-corrected chi connectivity index (χ2v) is 6.11. The predicted molar refractivity (Wildman–Crippen MR) is 101 cm³/mol. The van der Waals surface area contributed by atoms with E-state index in [0.717, 1.165) is 5.56 Å². The highest BCUT2D eigenvalue weighted by Crippen LogP contribution is 2.25. The zero-order chi connectivity index (χ0) is 19.1. The van der Waals surface area contributed by atoms with E-state index in [-0.39, 0.29) is 24.2 Å². The van der Waals surface area contributed by atoms with E-state index in [0.29, 0.717) is 22.8 Å². The number of allylic oxidation sites excluding steroid dienone is 1. The van der Waals surface area contributed by atoms with Gasteiger partial charge in [0.1, 0.15) is 5.75 Å². The molecule has 0 aliphatic rings. The van der Waals surface area contributed by atoms with E-state index in [1.807, 2.05) is 19.1 Å². The Hall–Kier alpha value is -2.86. The Bertz CT molecular complexity index is 823. The minimum Gasteiger partial charge on any atom is -0.483 e. The molecule has 0 bridgehead atoms. The van der Waals surface area contributed by atoms with Gasteiger partial charge in [0.15, 0.2) is 6.61 Å². The second-order valence-electron chi connectivity index (χ2n) is 5.67. The van der Waals surface area contributed by atoms with Crippen LogP contribution in [0, 0.1) is 10.1 Å². The van der Waals surface area contributed by atoms with Gasteiger partial charge in [-0.25, -0.2) is 0 Å². The van der Waals surface area contributed by atoms with Gasteiger partial charge in [0.2, 0.25) is 0 Å². The quantitative estimate of drug-likeness (QED) is 0.426. The summed E-state index contributed by atoms with van der Waals surface area (Å²) in [5, 5.41) is 14.3. The minimum atomic E-state index is -0.476. The first-order chi connectivity index (χ1) is 12.4. The van der Waals surface area contributed by atoms with Crippen molar-refractivity contribution in [3.05, 3.63) is 81.4 Å². The number of non-ortho nitro benzene ring substituents is 1. The highest BCUT2D eigenvalue weighted by molar-refractivity contribution is 6.30. The van der Waals surface area contributed by atoms with Crippen LogP contribution in [0.3, 0.4) is 0 Å². The van der Waals surface area contributed by atoms with Crippen LogP contribution < -0.4 is 10.1 Å². The molecule has 136 valence electrons. The molecule has 26 heavy (non-hydrogen) atoms. The Balaban J connectivity index is 2.00. The molecule has 1 N–H and O–H groups in total. The van der Waals surface area contributed by atoms with Gasteiger partial charge in [-0.15, -0.1) is 6.58 Å². The first-order valence-electron chi connectivity index (χ1n) is 7.96. The summed E-state index contributed by atoms with van der Waals surface area (Å²) in [7, 11) is 0. The van der Waals surface area contributed by atoms with Crippen LogP contribution in [0.5, 0.6) is 5.75 Å². The molecule has 0 saturated heterocycles. The van der Waals surface area contributed by atoms with E-state index in [1.54, 1.807) is 18.2 Å². The van der Waals surface area contributed by atoms with Gasteiger partial charge in [0, 0.05) is 22.7 Å². The molecule has 1 atom stereocenters. The molecular weight excluding hydrogens is 356 g/mol. The zero-order valence-electron chi connectivity index (χ0n) is 14.3. The van der Waals surface area contributed by atoms with Crippen LogP contribution >= 0.6 is 11.6 Å². The number of carbonyl (C=O) groups excluding carboxylic acids is 1. The van der Waals surface area contributed by atoms with Gasteiger partial charge in [-0.3, -0.25) is 14.9 Å². The van der Waals surface area contributed by atoms with Crippen LogP contribution in [-0.4, -0.2) is 17.4 Å². The third-order valence-corrected chi connectivity index (χ3v) is 3.94. The van der Waals surface area contributed by atoms with Crippen molar-refractivity contribution in [1.29, 1.82) is 0 Å². The Morgan fingerprint density at radius 3 is 2.81 bits per heavy atom. The molecule has 1 amide bonds. The Labute approximate surface area is 156 Å². The van der Waals surface area contributed by atoms with Crippen LogP contribution in [0.25, 0.3) is 0 Å². The van der Waals surface area contributed by atoms with E-state index in [9.17, 15) is 14.9 Å². The fourth-order valence-corrected chi connectivity index (χ4v) is 2.62. The number of halogens is 1. The van der Waals surface area contributed by atoms with Gasteiger partial charge in [-0.05, 0) is 37.1 Å². The first kappa shape index (κ1) is 19.5. The largest absolute Gasteiger partial charge is 0.483 e. The number of benzene rings is 2. The van der Waals surface area contributed by atoms with Crippen LogP contribution in [-0.2, 0) is 11.2 Å². The third-order valence-electron chi connectivity index (χ3n) is 3.70. The maximum absolute atomic E-state index is 12.1. The van der Waals surface area contributed by atoms with Crippen molar-refractivity contribution >= 4 is 23.2 Å². The third kappa shape index (κ3) is 5.32. The minimum absolute atomic E-state index is 0.0340. The van der Waals surface area contributed by atoms with E-state index < -0.39 is 4.92 Å². The molecule has 0 saturated carbocycles. The van der Waals surface area contributed by atoms with Gasteiger partial charge in [0.25, 0.3) is 11.6 Å². The van der Waals surface area contributed by atoms with Gasteiger partial charge >= 0.3 is 0 Å². The lowest BCUT2D eigenvalue weighted by Gasteiger charge is -2.16. The fourth-order valence-electron chi connectivity index (χ4n) is 2.42. The first-order valence-corrected chi connectivity index (χ1v) is 8.34. The van der Waals surface area contributed by atoms with Crippen molar-refractivity contribution in [3.8, 4) is 5.75 Å². The number of nitrogens with zero attached hydrogens (tertiary/aromatic N) is 1. The van der Waals surface area contributed by atoms with Crippen LogP contribution in [0.4, 0.5) is 5.69 Å². The number of ether oxygens (including phenoxy) is 1. The van der Waals surface area contributed by atoms with Crippen molar-refractivity contribution in [2.24, 2.45) is 0 Å². The van der Waals surface area contributed by atoms with Gasteiger partial charge in [-0.1, -0.05) is 29.8 Å². The fraction of sp³-hybridized carbons (Fsp3) is 0.211. The smallest absolute Gasteiger partial charge is 0.269 e. The van der Waals surface area contributed by atoms with E-state index >= 15 is 0 Å². The van der Waals surface area contributed by atoms with Crippen LogP contribution in [0.1, 0.15) is 24.1 Å². The molecule has 0 unspecified atom stereocenters. The van der Waals surface area contributed by atoms with Gasteiger partial charge in [0.05, 0.1) is 11.0 Å². The Morgan fingerprint density at radius 2 is 2.15 bits per heavy atom. The van der Waals surface area contributed by atoms with Crippen molar-refractivity contribution in [2.75, 3.05) is 6.61 Å². The average Bonchev–Trinajstić information content (AvgIpc) is 2.60. The normalized spacial score (nSPS) is 11.5. The van der Waals surface area contributed by atoms with Crippen LogP contribution in [0.15, 0.2) is 55.1 Å². The Kier molecular flexibility index (Phi) is 6.74. The number of amides is 1. The Morgan fingerprint density at radius 1 is 1.38 bits per heavy atom. The van der Waals surface area contributed by atoms with Crippen LogP contribution in [0.2, 0.25) is 5.02 Å². The summed E-state index contributed by atoms with van der Waals surface area (Å²) in [6, 6.07) is 11.3. The lowest BCUT2D eigenvalue weighted by molar-refractivity contribution is -0.384. The van der Waals surface area contributed by atoms with Crippen molar-refractivity contribution in [2.45, 2.75) is 19.4 Å². The molecule has 0 spiro atoms. The molecule has 2 aromatic rings. The lowest BCUT2D eigenvalue weighted by Crippen LogP contribution is -2.31. The molecular formula is C19H19ClN2O4. The monoisotopic (exact) mass is 374 g/mol. The number of nitrogens with one attached hydrogen (secondary N) is 1. The summed E-state index contributed by atoms with van der Waals surface area (Å²) < 4.78 is 5.54. The number of rotatable bonds is 8. The summed E-state index contributed by atoms with van der Waals surface area (Å²) >= 11 is 5.96. The number of nitro benzene ring substituents is 1. The maximum Gasteiger partial charge on any atom is 0.269 e. The molecule has 6 nitrogen and oxygen atoms in total. The molecule has 2 aromatic carbocycles. The number of carbonyl (C=O) groups is 1.